The van der Waals surface area contributed by atoms with Gasteiger partial charge in [0.2, 0.25) is 0 Å². The van der Waals surface area contributed by atoms with Crippen molar-refractivity contribution in [2.24, 2.45) is 5.73 Å². The third kappa shape index (κ3) is 3.39. The molecule has 1 saturated heterocycles. The van der Waals surface area contributed by atoms with Crippen molar-refractivity contribution in [2.45, 2.75) is 13.0 Å². The van der Waals surface area contributed by atoms with Crippen molar-refractivity contribution in [3.8, 4) is 0 Å². The number of esters is 1. The fourth-order valence-electron chi connectivity index (χ4n) is 0.816. The predicted octanol–water partition coefficient (Wildman–Crippen LogP) is -0.292. The first-order valence-corrected chi connectivity index (χ1v) is 3.95. The molecule has 0 aromatic rings. The van der Waals surface area contributed by atoms with E-state index in [0.29, 0.717) is 13.2 Å². The molecule has 0 unspecified atom stereocenters. The first kappa shape index (κ1) is 13.0. The Labute approximate surface area is 87.7 Å². The summed E-state index contributed by atoms with van der Waals surface area (Å²) >= 11 is 0. The van der Waals surface area contributed by atoms with Crippen LogP contribution in [0.4, 0.5) is 4.79 Å². The van der Waals surface area contributed by atoms with Crippen LogP contribution in [0.1, 0.15) is 6.92 Å². The highest BCUT2D eigenvalue weighted by Crippen LogP contribution is 2.02. The van der Waals surface area contributed by atoms with E-state index >= 15 is 0 Å². The van der Waals surface area contributed by atoms with Gasteiger partial charge in [0.25, 0.3) is 0 Å². The van der Waals surface area contributed by atoms with Gasteiger partial charge in [-0.3, -0.25) is 9.69 Å². The van der Waals surface area contributed by atoms with Gasteiger partial charge >= 0.3 is 12.1 Å². The fraction of sp³-hybridized carbons (Fsp3) is 0.714. The summed E-state index contributed by atoms with van der Waals surface area (Å²) in [6.45, 7) is 2.23. The van der Waals surface area contributed by atoms with E-state index in [2.05, 4.69) is 4.74 Å². The minimum absolute atomic E-state index is 0. The van der Waals surface area contributed by atoms with Crippen LogP contribution in [0.5, 0.6) is 0 Å². The summed E-state index contributed by atoms with van der Waals surface area (Å²) in [5.41, 5.74) is 5.25. The summed E-state index contributed by atoms with van der Waals surface area (Å²) < 4.78 is 9.34. The van der Waals surface area contributed by atoms with Gasteiger partial charge in [0.15, 0.2) is 6.73 Å². The van der Waals surface area contributed by atoms with Crippen molar-refractivity contribution in [3.63, 3.8) is 0 Å². The summed E-state index contributed by atoms with van der Waals surface area (Å²) in [5.74, 6) is -0.528. The summed E-state index contributed by atoms with van der Waals surface area (Å²) in [4.78, 5) is 23.0. The zero-order valence-corrected chi connectivity index (χ0v) is 8.58. The van der Waals surface area contributed by atoms with E-state index in [1.165, 1.54) is 11.8 Å². The van der Waals surface area contributed by atoms with Crippen LogP contribution >= 0.6 is 12.4 Å². The van der Waals surface area contributed by atoms with Gasteiger partial charge in [0, 0.05) is 0 Å². The summed E-state index contributed by atoms with van der Waals surface area (Å²) in [6, 6.07) is -0.668. The number of rotatable bonds is 3. The Morgan fingerprint density at radius 1 is 1.79 bits per heavy atom. The molecule has 0 radical (unpaired) electrons. The Hall–Kier alpha value is -1.01. The van der Waals surface area contributed by atoms with Gasteiger partial charge in [-0.25, -0.2) is 4.79 Å². The van der Waals surface area contributed by atoms with Crippen molar-refractivity contribution in [3.05, 3.63) is 0 Å². The highest BCUT2D eigenvalue weighted by Gasteiger charge is 2.23. The first-order valence-electron chi connectivity index (χ1n) is 3.95. The van der Waals surface area contributed by atoms with E-state index in [4.69, 9.17) is 10.5 Å². The lowest BCUT2D eigenvalue weighted by molar-refractivity contribution is -0.148. The van der Waals surface area contributed by atoms with Crippen molar-refractivity contribution in [1.82, 2.24) is 4.90 Å². The molecule has 0 aliphatic carbocycles. The summed E-state index contributed by atoms with van der Waals surface area (Å²) in [7, 11) is 0. The normalized spacial score (nSPS) is 17.0. The number of nitrogens with two attached hydrogens (primary N) is 1. The van der Waals surface area contributed by atoms with Gasteiger partial charge in [0.1, 0.15) is 12.6 Å². The molecule has 0 spiro atoms. The SMILES string of the molecule is C[C@H](N)C(=O)OCN1CCOC1=O.Cl. The van der Waals surface area contributed by atoms with Crippen molar-refractivity contribution in [1.29, 1.82) is 0 Å². The van der Waals surface area contributed by atoms with Gasteiger partial charge in [-0.05, 0) is 6.92 Å². The smallest absolute Gasteiger partial charge is 0.412 e. The predicted molar refractivity (Wildman–Crippen MR) is 49.9 cm³/mol. The second-order valence-electron chi connectivity index (χ2n) is 2.76. The van der Waals surface area contributed by atoms with E-state index in [-0.39, 0.29) is 19.1 Å². The number of nitrogens with zero attached hydrogens (tertiary/aromatic N) is 1. The molecule has 0 saturated carbocycles. The molecule has 2 N–H and O–H groups in total. The van der Waals surface area contributed by atoms with Crippen LogP contribution in [0.15, 0.2) is 0 Å². The summed E-state index contributed by atoms with van der Waals surface area (Å²) in [5, 5.41) is 0. The van der Waals surface area contributed by atoms with Crippen LogP contribution in [0, 0.1) is 0 Å². The van der Waals surface area contributed by atoms with Crippen LogP contribution in [0.3, 0.4) is 0 Å². The molecule has 6 nitrogen and oxygen atoms in total. The van der Waals surface area contributed by atoms with Gasteiger partial charge in [0.05, 0.1) is 6.54 Å². The molecule has 7 heteroatoms. The standard InChI is InChI=1S/C7H12N2O4.ClH/c1-5(8)6(10)13-4-9-2-3-12-7(9)11;/h5H,2-4,8H2,1H3;1H/t5-;/m0./s1. The number of halogens is 1. The first-order chi connectivity index (χ1) is 6.11. The molecule has 0 aromatic heterocycles. The topological polar surface area (TPSA) is 81.9 Å². The molecular formula is C7H13ClN2O4. The van der Waals surface area contributed by atoms with E-state index in [0.717, 1.165) is 0 Å². The Kier molecular flexibility index (Phi) is 5.26. The zero-order chi connectivity index (χ0) is 9.84. The fourth-order valence-corrected chi connectivity index (χ4v) is 0.816. The lowest BCUT2D eigenvalue weighted by Gasteiger charge is -2.13. The lowest BCUT2D eigenvalue weighted by atomic mass is 10.4. The van der Waals surface area contributed by atoms with E-state index < -0.39 is 18.1 Å². The monoisotopic (exact) mass is 224 g/mol. The number of ether oxygens (including phenoxy) is 2. The van der Waals surface area contributed by atoms with Gasteiger partial charge in [-0.1, -0.05) is 0 Å². The average molecular weight is 225 g/mol. The Balaban J connectivity index is 0.00000169. The molecule has 14 heavy (non-hydrogen) atoms. The molecule has 1 rings (SSSR count). The van der Waals surface area contributed by atoms with Crippen molar-refractivity contribution < 1.29 is 19.1 Å². The third-order valence-corrected chi connectivity index (χ3v) is 1.58. The molecule has 0 aromatic carbocycles. The largest absolute Gasteiger partial charge is 0.447 e. The van der Waals surface area contributed by atoms with Crippen molar-refractivity contribution >= 4 is 24.5 Å². The number of cyclic esters (lactones) is 1. The Morgan fingerprint density at radius 2 is 2.43 bits per heavy atom. The van der Waals surface area contributed by atoms with Crippen LogP contribution < -0.4 is 5.73 Å². The second kappa shape index (κ2) is 5.66. The van der Waals surface area contributed by atoms with Gasteiger partial charge in [-0.15, -0.1) is 12.4 Å². The Bertz CT molecular complexity index is 222. The minimum Gasteiger partial charge on any atom is -0.447 e. The molecule has 1 amide bonds. The van der Waals surface area contributed by atoms with Crippen LogP contribution in [0.25, 0.3) is 0 Å². The molecular weight excluding hydrogens is 212 g/mol. The average Bonchev–Trinajstić information content (AvgIpc) is 2.47. The molecule has 1 atom stereocenters. The molecule has 1 fully saturated rings. The van der Waals surface area contributed by atoms with Crippen LogP contribution in [-0.4, -0.2) is 42.9 Å². The number of carbonyl (C=O) groups excluding carboxylic acids is 2. The molecule has 82 valence electrons. The van der Waals surface area contributed by atoms with Gasteiger partial charge in [-0.2, -0.15) is 0 Å². The van der Waals surface area contributed by atoms with Gasteiger partial charge < -0.3 is 15.2 Å². The molecule has 1 aliphatic heterocycles. The maximum Gasteiger partial charge on any atom is 0.412 e. The van der Waals surface area contributed by atoms with E-state index in [1.807, 2.05) is 0 Å². The van der Waals surface area contributed by atoms with Crippen LogP contribution in [-0.2, 0) is 14.3 Å². The number of carbonyl (C=O) groups is 2. The highest BCUT2D eigenvalue weighted by atomic mass is 35.5. The maximum atomic E-state index is 10.9. The third-order valence-electron chi connectivity index (χ3n) is 1.58. The molecule has 1 heterocycles. The number of hydrogen-bond acceptors (Lipinski definition) is 5. The van der Waals surface area contributed by atoms with Crippen LogP contribution in [0.2, 0.25) is 0 Å². The highest BCUT2D eigenvalue weighted by molar-refractivity contribution is 5.85. The lowest BCUT2D eigenvalue weighted by Crippen LogP contribution is -2.34. The van der Waals surface area contributed by atoms with E-state index in [9.17, 15) is 9.59 Å². The zero-order valence-electron chi connectivity index (χ0n) is 7.76. The second-order valence-corrected chi connectivity index (χ2v) is 2.76. The quantitative estimate of drug-likeness (QED) is 0.666. The minimum atomic E-state index is -0.668. The molecule has 1 aliphatic rings. The number of hydrogen-bond donors (Lipinski definition) is 1. The Morgan fingerprint density at radius 3 is 2.86 bits per heavy atom. The van der Waals surface area contributed by atoms with Crippen molar-refractivity contribution in [2.75, 3.05) is 19.9 Å². The number of amides is 1. The summed E-state index contributed by atoms with van der Waals surface area (Å²) in [6.07, 6.45) is -0.461. The van der Waals surface area contributed by atoms with E-state index in [1.54, 1.807) is 0 Å². The molecule has 0 bridgehead atoms. The maximum absolute atomic E-state index is 10.9.